The Bertz CT molecular complexity index is 1300. The van der Waals surface area contributed by atoms with Crippen molar-refractivity contribution in [2.24, 2.45) is 0 Å². The van der Waals surface area contributed by atoms with Gasteiger partial charge in [0.25, 0.3) is 0 Å². The van der Waals surface area contributed by atoms with Gasteiger partial charge in [-0.25, -0.2) is 19.4 Å². The standard InChI is InChI=1S/C25H25N7O2/c1-15-19(4-5-20-21(15)14-34-24(20)33)22-13-31(7-6-27-22)11-16-9-28-25(29-10-16)32-12-18(8-26)23(30-32)17-2-3-17/h4-5,9-10,12,17,22,27H,2-3,6-7,11,13-14H2,1H3. The number of aromatic nitrogens is 4. The molecule has 1 aliphatic carbocycles. The molecule has 0 amide bonds. The second kappa shape index (κ2) is 8.31. The van der Waals surface area contributed by atoms with Gasteiger partial charge in [-0.3, -0.25) is 4.90 Å². The normalized spacial score (nSPS) is 20.1. The SMILES string of the molecule is Cc1c(C2CN(Cc3cnc(-n4cc(C#N)c(C5CC5)n4)nc3)CCN2)ccc2c1COC2=O. The van der Waals surface area contributed by atoms with Crippen LogP contribution in [0.4, 0.5) is 0 Å². The van der Waals surface area contributed by atoms with E-state index in [1.165, 1.54) is 5.56 Å². The first-order chi connectivity index (χ1) is 16.6. The number of nitrogens with zero attached hydrogens (tertiary/aromatic N) is 6. The van der Waals surface area contributed by atoms with Crippen LogP contribution in [0, 0.1) is 18.3 Å². The summed E-state index contributed by atoms with van der Waals surface area (Å²) in [5.74, 6) is 0.656. The molecule has 0 radical (unpaired) electrons. The highest BCUT2D eigenvalue weighted by Gasteiger charge is 2.30. The number of nitriles is 1. The first-order valence-electron chi connectivity index (χ1n) is 11.7. The molecule has 2 aliphatic heterocycles. The maximum Gasteiger partial charge on any atom is 0.338 e. The summed E-state index contributed by atoms with van der Waals surface area (Å²) in [4.78, 5) is 23.3. The first-order valence-corrected chi connectivity index (χ1v) is 11.7. The Morgan fingerprint density at radius 1 is 1.26 bits per heavy atom. The topological polar surface area (TPSA) is 109 Å². The number of fused-ring (bicyclic) bond motifs is 1. The van der Waals surface area contributed by atoms with Crippen molar-refractivity contribution in [2.45, 2.75) is 44.9 Å². The zero-order valence-corrected chi connectivity index (χ0v) is 19.0. The molecular weight excluding hydrogens is 430 g/mol. The van der Waals surface area contributed by atoms with Crippen molar-refractivity contribution >= 4 is 5.97 Å². The predicted molar refractivity (Wildman–Crippen MR) is 122 cm³/mol. The van der Waals surface area contributed by atoms with Gasteiger partial charge in [0.2, 0.25) is 5.95 Å². The third-order valence-electron chi connectivity index (χ3n) is 6.97. The molecule has 1 N–H and O–H groups in total. The van der Waals surface area contributed by atoms with Gasteiger partial charge in [0.15, 0.2) is 0 Å². The van der Waals surface area contributed by atoms with E-state index in [1.54, 1.807) is 10.9 Å². The molecule has 1 saturated heterocycles. The van der Waals surface area contributed by atoms with Crippen molar-refractivity contribution in [2.75, 3.05) is 19.6 Å². The Labute approximate surface area is 197 Å². The second-order valence-corrected chi connectivity index (χ2v) is 9.27. The summed E-state index contributed by atoms with van der Waals surface area (Å²) >= 11 is 0. The van der Waals surface area contributed by atoms with Gasteiger partial charge in [-0.2, -0.15) is 10.4 Å². The largest absolute Gasteiger partial charge is 0.457 e. The highest BCUT2D eigenvalue weighted by atomic mass is 16.5. The summed E-state index contributed by atoms with van der Waals surface area (Å²) in [5, 5.41) is 17.6. The van der Waals surface area contributed by atoms with Gasteiger partial charge in [-0.1, -0.05) is 6.07 Å². The van der Waals surface area contributed by atoms with Crippen LogP contribution in [0.25, 0.3) is 5.95 Å². The number of carbonyl (C=O) groups excluding carboxylic acids is 1. The van der Waals surface area contributed by atoms with E-state index in [9.17, 15) is 10.1 Å². The van der Waals surface area contributed by atoms with Crippen LogP contribution in [0.2, 0.25) is 0 Å². The number of piperazine rings is 1. The zero-order valence-electron chi connectivity index (χ0n) is 19.0. The molecule has 0 spiro atoms. The lowest BCUT2D eigenvalue weighted by atomic mass is 9.93. The number of benzene rings is 1. The lowest BCUT2D eigenvalue weighted by Crippen LogP contribution is -2.45. The lowest BCUT2D eigenvalue weighted by Gasteiger charge is -2.34. The minimum atomic E-state index is -0.228. The van der Waals surface area contributed by atoms with Gasteiger partial charge in [0.1, 0.15) is 12.7 Å². The van der Waals surface area contributed by atoms with Crippen molar-refractivity contribution in [3.8, 4) is 12.0 Å². The summed E-state index contributed by atoms with van der Waals surface area (Å²) in [6, 6.07) is 6.36. The van der Waals surface area contributed by atoms with Gasteiger partial charge in [0.05, 0.1) is 23.0 Å². The molecule has 1 saturated carbocycles. The van der Waals surface area contributed by atoms with Crippen molar-refractivity contribution in [1.29, 1.82) is 5.26 Å². The molecule has 9 nitrogen and oxygen atoms in total. The third kappa shape index (κ3) is 3.75. The molecular formula is C25H25N7O2. The Morgan fingerprint density at radius 3 is 2.85 bits per heavy atom. The fourth-order valence-corrected chi connectivity index (χ4v) is 4.95. The molecule has 0 bridgehead atoms. The maximum absolute atomic E-state index is 11.9. The maximum atomic E-state index is 11.9. The summed E-state index contributed by atoms with van der Waals surface area (Å²) < 4.78 is 6.82. The quantitative estimate of drug-likeness (QED) is 0.585. The molecule has 9 heteroatoms. The summed E-state index contributed by atoms with van der Waals surface area (Å²) in [6.07, 6.45) is 7.59. The van der Waals surface area contributed by atoms with Crippen molar-refractivity contribution < 1.29 is 9.53 Å². The van der Waals surface area contributed by atoms with Crippen LogP contribution in [0.5, 0.6) is 0 Å². The predicted octanol–water partition coefficient (Wildman–Crippen LogP) is 2.54. The average molecular weight is 456 g/mol. The van der Waals surface area contributed by atoms with Gasteiger partial charge in [-0.15, -0.1) is 0 Å². The Morgan fingerprint density at radius 2 is 2.09 bits per heavy atom. The van der Waals surface area contributed by atoms with Crippen LogP contribution >= 0.6 is 0 Å². The third-order valence-corrected chi connectivity index (χ3v) is 6.97. The van der Waals surface area contributed by atoms with E-state index in [0.717, 1.165) is 61.4 Å². The fourth-order valence-electron chi connectivity index (χ4n) is 4.95. The van der Waals surface area contributed by atoms with Crippen molar-refractivity contribution in [1.82, 2.24) is 30.0 Å². The van der Waals surface area contributed by atoms with Crippen LogP contribution in [0.3, 0.4) is 0 Å². The lowest BCUT2D eigenvalue weighted by molar-refractivity contribution is 0.0535. The number of nitrogens with one attached hydrogen (secondary N) is 1. The van der Waals surface area contributed by atoms with Crippen molar-refractivity contribution in [3.63, 3.8) is 0 Å². The van der Waals surface area contributed by atoms with Gasteiger partial charge < -0.3 is 10.1 Å². The summed E-state index contributed by atoms with van der Waals surface area (Å²) in [6.45, 7) is 5.85. The summed E-state index contributed by atoms with van der Waals surface area (Å²) in [7, 11) is 0. The van der Waals surface area contributed by atoms with E-state index < -0.39 is 0 Å². The zero-order chi connectivity index (χ0) is 23.2. The molecule has 3 aliphatic rings. The number of cyclic esters (lactones) is 1. The number of esters is 1. The van der Waals surface area contributed by atoms with E-state index in [2.05, 4.69) is 44.3 Å². The highest BCUT2D eigenvalue weighted by molar-refractivity contribution is 5.94. The molecule has 2 aromatic heterocycles. The van der Waals surface area contributed by atoms with E-state index >= 15 is 0 Å². The first kappa shape index (κ1) is 21.0. The second-order valence-electron chi connectivity index (χ2n) is 9.27. The van der Waals surface area contributed by atoms with Crippen LogP contribution < -0.4 is 5.32 Å². The van der Waals surface area contributed by atoms with Crippen LogP contribution in [-0.2, 0) is 17.9 Å². The molecule has 1 atom stereocenters. The highest BCUT2D eigenvalue weighted by Crippen LogP contribution is 2.40. The minimum Gasteiger partial charge on any atom is -0.457 e. The molecule has 1 unspecified atom stereocenters. The number of ether oxygens (including phenoxy) is 1. The Kier molecular flexibility index (Phi) is 5.12. The molecule has 4 heterocycles. The monoisotopic (exact) mass is 455 g/mol. The van der Waals surface area contributed by atoms with E-state index in [4.69, 9.17) is 4.74 Å². The number of hydrogen-bond donors (Lipinski definition) is 1. The Hall–Kier alpha value is -3.61. The van der Waals surface area contributed by atoms with Crippen molar-refractivity contribution in [3.05, 3.63) is 69.8 Å². The fraction of sp³-hybridized carbons (Fsp3) is 0.400. The summed E-state index contributed by atoms with van der Waals surface area (Å²) in [5.41, 5.74) is 6.55. The van der Waals surface area contributed by atoms with Gasteiger partial charge >= 0.3 is 5.97 Å². The minimum absolute atomic E-state index is 0.185. The van der Waals surface area contributed by atoms with Crippen LogP contribution in [0.1, 0.15) is 68.7 Å². The molecule has 3 aromatic rings. The van der Waals surface area contributed by atoms with Crippen LogP contribution in [0.15, 0.2) is 30.7 Å². The Balaban J connectivity index is 1.15. The van der Waals surface area contributed by atoms with E-state index in [0.29, 0.717) is 29.6 Å². The number of carbonyl (C=O) groups is 1. The molecule has 6 rings (SSSR count). The molecule has 1 aromatic carbocycles. The van der Waals surface area contributed by atoms with E-state index in [1.807, 2.05) is 18.5 Å². The number of rotatable bonds is 5. The smallest absolute Gasteiger partial charge is 0.338 e. The van der Waals surface area contributed by atoms with Crippen LogP contribution in [-0.4, -0.2) is 50.3 Å². The molecule has 34 heavy (non-hydrogen) atoms. The van der Waals surface area contributed by atoms with Gasteiger partial charge in [-0.05, 0) is 37.0 Å². The molecule has 2 fully saturated rings. The molecule has 172 valence electrons. The van der Waals surface area contributed by atoms with Gasteiger partial charge in [0, 0.05) is 61.7 Å². The van der Waals surface area contributed by atoms with E-state index in [-0.39, 0.29) is 12.0 Å². The number of hydrogen-bond acceptors (Lipinski definition) is 8. The average Bonchev–Trinajstić information content (AvgIpc) is 3.50.